The highest BCUT2D eigenvalue weighted by atomic mass is 16.6. The number of piperidine rings is 1. The second-order valence-corrected chi connectivity index (χ2v) is 5.00. The summed E-state index contributed by atoms with van der Waals surface area (Å²) in [6, 6.07) is 3.21. The van der Waals surface area contributed by atoms with E-state index < -0.39 is 5.97 Å². The van der Waals surface area contributed by atoms with Crippen LogP contribution in [-0.4, -0.2) is 42.3 Å². The molecule has 1 aliphatic rings. The van der Waals surface area contributed by atoms with Crippen LogP contribution in [0.1, 0.15) is 37.2 Å². The van der Waals surface area contributed by atoms with Crippen molar-refractivity contribution >= 4 is 12.1 Å². The minimum Gasteiger partial charge on any atom is -0.457 e. The van der Waals surface area contributed by atoms with Gasteiger partial charge in [0.1, 0.15) is 6.10 Å². The molecule has 0 unspecified atom stereocenters. The maximum atomic E-state index is 11.7. The van der Waals surface area contributed by atoms with E-state index in [1.54, 1.807) is 17.0 Å². The molecule has 20 heavy (non-hydrogen) atoms. The Labute approximate surface area is 117 Å². The molecule has 0 N–H and O–H groups in total. The fraction of sp³-hybridized carbons (Fsp3) is 0.571. The maximum absolute atomic E-state index is 11.7. The van der Waals surface area contributed by atoms with Gasteiger partial charge in [0.25, 0.3) is 0 Å². The number of carbonyl (C=O) groups excluding carboxylic acids is 2. The van der Waals surface area contributed by atoms with Crippen molar-refractivity contribution in [3.8, 4) is 0 Å². The quantitative estimate of drug-likeness (QED) is 0.796. The SMILES string of the molecule is CC(C)OC(=O)N1CCC(OC(=O)c2ccco2)CC1. The van der Waals surface area contributed by atoms with Crippen molar-refractivity contribution in [2.24, 2.45) is 0 Å². The van der Waals surface area contributed by atoms with Crippen LogP contribution in [0.25, 0.3) is 0 Å². The van der Waals surface area contributed by atoms with Gasteiger partial charge in [-0.1, -0.05) is 0 Å². The van der Waals surface area contributed by atoms with Crippen molar-refractivity contribution in [3.63, 3.8) is 0 Å². The number of likely N-dealkylation sites (tertiary alicyclic amines) is 1. The lowest BCUT2D eigenvalue weighted by Gasteiger charge is -2.31. The largest absolute Gasteiger partial charge is 0.457 e. The lowest BCUT2D eigenvalue weighted by Crippen LogP contribution is -2.42. The second-order valence-electron chi connectivity index (χ2n) is 5.00. The van der Waals surface area contributed by atoms with E-state index in [1.165, 1.54) is 6.26 Å². The van der Waals surface area contributed by atoms with Crippen molar-refractivity contribution in [3.05, 3.63) is 24.2 Å². The third-order valence-corrected chi connectivity index (χ3v) is 3.03. The molecule has 1 aliphatic heterocycles. The highest BCUT2D eigenvalue weighted by Gasteiger charge is 2.27. The summed E-state index contributed by atoms with van der Waals surface area (Å²) in [5, 5.41) is 0. The second kappa shape index (κ2) is 6.45. The summed E-state index contributed by atoms with van der Waals surface area (Å²) in [5.74, 6) is -0.259. The van der Waals surface area contributed by atoms with Crippen molar-refractivity contribution in [1.29, 1.82) is 0 Å². The smallest absolute Gasteiger partial charge is 0.410 e. The van der Waals surface area contributed by atoms with Crippen LogP contribution in [0.3, 0.4) is 0 Å². The topological polar surface area (TPSA) is 69.0 Å². The average molecular weight is 281 g/mol. The van der Waals surface area contributed by atoms with E-state index in [4.69, 9.17) is 13.9 Å². The van der Waals surface area contributed by atoms with Crippen LogP contribution in [0, 0.1) is 0 Å². The molecule has 0 radical (unpaired) electrons. The lowest BCUT2D eigenvalue weighted by molar-refractivity contribution is 0.00548. The van der Waals surface area contributed by atoms with E-state index in [1.807, 2.05) is 13.8 Å². The Hall–Kier alpha value is -1.98. The van der Waals surface area contributed by atoms with Gasteiger partial charge in [0, 0.05) is 25.9 Å². The van der Waals surface area contributed by atoms with E-state index in [2.05, 4.69) is 0 Å². The fourth-order valence-electron chi connectivity index (χ4n) is 2.04. The molecule has 110 valence electrons. The first kappa shape index (κ1) is 14.4. The van der Waals surface area contributed by atoms with Crippen LogP contribution < -0.4 is 0 Å². The molecule has 0 aliphatic carbocycles. The first-order valence-electron chi connectivity index (χ1n) is 6.76. The molecule has 1 saturated heterocycles. The van der Waals surface area contributed by atoms with Gasteiger partial charge in [-0.2, -0.15) is 0 Å². The predicted molar refractivity (Wildman–Crippen MR) is 70.3 cm³/mol. The Bertz CT molecular complexity index is 446. The van der Waals surface area contributed by atoms with E-state index in [0.29, 0.717) is 25.9 Å². The summed E-state index contributed by atoms with van der Waals surface area (Å²) in [6.45, 7) is 4.69. The normalized spacial score (nSPS) is 16.2. The third kappa shape index (κ3) is 3.76. The van der Waals surface area contributed by atoms with Gasteiger partial charge >= 0.3 is 12.1 Å². The van der Waals surface area contributed by atoms with E-state index in [9.17, 15) is 9.59 Å². The molecule has 2 heterocycles. The molecule has 1 fully saturated rings. The zero-order chi connectivity index (χ0) is 14.5. The Morgan fingerprint density at radius 1 is 1.35 bits per heavy atom. The number of rotatable bonds is 3. The van der Waals surface area contributed by atoms with Gasteiger partial charge in [0.05, 0.1) is 12.4 Å². The van der Waals surface area contributed by atoms with Crippen LogP contribution in [0.4, 0.5) is 4.79 Å². The van der Waals surface area contributed by atoms with Crippen molar-refractivity contribution in [2.75, 3.05) is 13.1 Å². The van der Waals surface area contributed by atoms with Crippen LogP contribution in [0.15, 0.2) is 22.8 Å². The van der Waals surface area contributed by atoms with Crippen molar-refractivity contribution in [2.45, 2.75) is 38.9 Å². The molecule has 0 spiro atoms. The number of hydrogen-bond acceptors (Lipinski definition) is 5. The molecule has 6 nitrogen and oxygen atoms in total. The van der Waals surface area contributed by atoms with Gasteiger partial charge in [-0.15, -0.1) is 0 Å². The number of hydrogen-bond donors (Lipinski definition) is 0. The first-order chi connectivity index (χ1) is 9.56. The standard InChI is InChI=1S/C14H19NO5/c1-10(2)19-14(17)15-7-5-11(6-8-15)20-13(16)12-4-3-9-18-12/h3-4,9-11H,5-8H2,1-2H3. The number of nitrogens with zero attached hydrogens (tertiary/aromatic N) is 1. The van der Waals surface area contributed by atoms with E-state index >= 15 is 0 Å². The summed E-state index contributed by atoms with van der Waals surface area (Å²) in [6.07, 6.45) is 2.03. The molecule has 0 atom stereocenters. The van der Waals surface area contributed by atoms with Gasteiger partial charge in [-0.3, -0.25) is 0 Å². The molecule has 6 heteroatoms. The minimum absolute atomic E-state index is 0.128. The van der Waals surface area contributed by atoms with Gasteiger partial charge in [0.15, 0.2) is 0 Å². The summed E-state index contributed by atoms with van der Waals surface area (Å²) >= 11 is 0. The molecule has 0 aromatic carbocycles. The summed E-state index contributed by atoms with van der Waals surface area (Å²) in [5.41, 5.74) is 0. The highest BCUT2D eigenvalue weighted by Crippen LogP contribution is 2.17. The maximum Gasteiger partial charge on any atom is 0.410 e. The summed E-state index contributed by atoms with van der Waals surface area (Å²) in [4.78, 5) is 25.1. The monoisotopic (exact) mass is 281 g/mol. The Morgan fingerprint density at radius 2 is 2.05 bits per heavy atom. The minimum atomic E-state index is -0.460. The number of carbonyl (C=O) groups is 2. The Balaban J connectivity index is 1.77. The van der Waals surface area contributed by atoms with Crippen LogP contribution in [-0.2, 0) is 9.47 Å². The fourth-order valence-corrected chi connectivity index (χ4v) is 2.04. The molecule has 1 amide bonds. The molecule has 1 aromatic rings. The Morgan fingerprint density at radius 3 is 2.60 bits per heavy atom. The molecular weight excluding hydrogens is 262 g/mol. The number of amides is 1. The van der Waals surface area contributed by atoms with Gasteiger partial charge in [0.2, 0.25) is 5.76 Å². The lowest BCUT2D eigenvalue weighted by atomic mass is 10.1. The van der Waals surface area contributed by atoms with E-state index in [0.717, 1.165) is 0 Å². The molecular formula is C14H19NO5. The average Bonchev–Trinajstić information content (AvgIpc) is 2.92. The number of furan rings is 1. The van der Waals surface area contributed by atoms with Crippen molar-refractivity contribution in [1.82, 2.24) is 4.90 Å². The summed E-state index contributed by atoms with van der Waals surface area (Å²) in [7, 11) is 0. The summed E-state index contributed by atoms with van der Waals surface area (Å²) < 4.78 is 15.4. The Kier molecular flexibility index (Phi) is 4.65. The zero-order valence-electron chi connectivity index (χ0n) is 11.7. The van der Waals surface area contributed by atoms with Crippen LogP contribution >= 0.6 is 0 Å². The van der Waals surface area contributed by atoms with Crippen LogP contribution in [0.2, 0.25) is 0 Å². The highest BCUT2D eigenvalue weighted by molar-refractivity contribution is 5.86. The van der Waals surface area contributed by atoms with E-state index in [-0.39, 0.29) is 24.1 Å². The predicted octanol–water partition coefficient (Wildman–Crippen LogP) is 2.45. The third-order valence-electron chi connectivity index (χ3n) is 3.03. The first-order valence-corrected chi connectivity index (χ1v) is 6.76. The van der Waals surface area contributed by atoms with Crippen molar-refractivity contribution < 1.29 is 23.5 Å². The number of ether oxygens (including phenoxy) is 2. The van der Waals surface area contributed by atoms with Crippen LogP contribution in [0.5, 0.6) is 0 Å². The van der Waals surface area contributed by atoms with Gasteiger partial charge in [-0.25, -0.2) is 9.59 Å². The number of esters is 1. The van der Waals surface area contributed by atoms with Gasteiger partial charge < -0.3 is 18.8 Å². The molecule has 0 bridgehead atoms. The zero-order valence-corrected chi connectivity index (χ0v) is 11.7. The molecule has 1 aromatic heterocycles. The van der Waals surface area contributed by atoms with Gasteiger partial charge in [-0.05, 0) is 26.0 Å². The molecule has 0 saturated carbocycles. The molecule has 2 rings (SSSR count).